The molecule has 7 heteroatoms. The molecule has 0 bridgehead atoms. The SMILES string of the molecule is CC(C)c1c(-c2ccc3ncnn3c2)[nH]c2ccc(C3CCN(Cc4cn(C)cn4)CC3)cc12. The molecule has 1 N–H and O–H groups in total. The van der Waals surface area contributed by atoms with Crippen LogP contribution in [0.5, 0.6) is 0 Å². The molecule has 174 valence electrons. The molecule has 7 nitrogen and oxygen atoms in total. The van der Waals surface area contributed by atoms with Gasteiger partial charge in [-0.05, 0) is 73.2 Å². The van der Waals surface area contributed by atoms with Gasteiger partial charge in [0.1, 0.15) is 6.33 Å². The summed E-state index contributed by atoms with van der Waals surface area (Å²) in [7, 11) is 2.03. The summed E-state index contributed by atoms with van der Waals surface area (Å²) in [6, 6.07) is 11.2. The molecule has 0 atom stereocenters. The van der Waals surface area contributed by atoms with Gasteiger partial charge in [0.25, 0.3) is 0 Å². The van der Waals surface area contributed by atoms with E-state index in [1.807, 2.05) is 28.5 Å². The molecule has 0 spiro atoms. The van der Waals surface area contributed by atoms with E-state index in [4.69, 9.17) is 0 Å². The van der Waals surface area contributed by atoms with Crippen LogP contribution in [0.3, 0.4) is 0 Å². The standard InChI is InChI=1S/C27H31N7/c1-18(2)26-23-12-20(19-8-10-33(11-9-19)15-22-14-32(3)17-29-22)4-6-24(23)31-27(26)21-5-7-25-28-16-30-34(25)13-21/h4-7,12-14,16-19,31H,8-11,15H2,1-3H3. The van der Waals surface area contributed by atoms with E-state index in [2.05, 4.69) is 75.5 Å². The smallest absolute Gasteiger partial charge is 0.155 e. The topological polar surface area (TPSA) is 67.0 Å². The first kappa shape index (κ1) is 21.1. The predicted molar refractivity (Wildman–Crippen MR) is 135 cm³/mol. The number of piperidine rings is 1. The summed E-state index contributed by atoms with van der Waals surface area (Å²) in [6.07, 6.45) is 10.1. The molecule has 1 aromatic carbocycles. The largest absolute Gasteiger partial charge is 0.354 e. The number of rotatable bonds is 5. The molecular weight excluding hydrogens is 422 g/mol. The first-order chi connectivity index (χ1) is 16.5. The third kappa shape index (κ3) is 3.80. The molecule has 0 amide bonds. The summed E-state index contributed by atoms with van der Waals surface area (Å²) in [4.78, 5) is 15.0. The van der Waals surface area contributed by atoms with E-state index in [-0.39, 0.29) is 0 Å². The van der Waals surface area contributed by atoms with E-state index in [0.717, 1.165) is 36.5 Å². The Bertz CT molecular complexity index is 1450. The molecule has 1 saturated heterocycles. The Labute approximate surface area is 199 Å². The lowest BCUT2D eigenvalue weighted by molar-refractivity contribution is 0.203. The number of hydrogen-bond donors (Lipinski definition) is 1. The average molecular weight is 454 g/mol. The van der Waals surface area contributed by atoms with Crippen LogP contribution < -0.4 is 0 Å². The van der Waals surface area contributed by atoms with Crippen molar-refractivity contribution in [2.24, 2.45) is 7.05 Å². The number of fused-ring (bicyclic) bond motifs is 2. The highest BCUT2D eigenvalue weighted by Gasteiger charge is 2.23. The molecule has 0 saturated carbocycles. The van der Waals surface area contributed by atoms with E-state index in [1.54, 1.807) is 6.33 Å². The Morgan fingerprint density at radius 2 is 1.91 bits per heavy atom. The monoisotopic (exact) mass is 453 g/mol. The van der Waals surface area contributed by atoms with Crippen molar-refractivity contribution in [1.82, 2.24) is 34.0 Å². The third-order valence-electron chi connectivity index (χ3n) is 7.21. The van der Waals surface area contributed by atoms with Crippen molar-refractivity contribution < 1.29 is 0 Å². The van der Waals surface area contributed by atoms with Crippen LogP contribution in [-0.2, 0) is 13.6 Å². The second kappa shape index (κ2) is 8.40. The van der Waals surface area contributed by atoms with E-state index in [1.165, 1.54) is 40.6 Å². The Hall–Kier alpha value is -3.45. The van der Waals surface area contributed by atoms with E-state index >= 15 is 0 Å². The van der Waals surface area contributed by atoms with Gasteiger partial charge in [0.15, 0.2) is 5.65 Å². The van der Waals surface area contributed by atoms with Gasteiger partial charge in [0.2, 0.25) is 0 Å². The number of nitrogens with zero attached hydrogens (tertiary/aromatic N) is 6. The summed E-state index contributed by atoms with van der Waals surface area (Å²) < 4.78 is 3.87. The molecule has 5 aromatic rings. The molecule has 1 fully saturated rings. The van der Waals surface area contributed by atoms with Crippen LogP contribution in [0, 0.1) is 0 Å². The molecule has 1 aliphatic heterocycles. The van der Waals surface area contributed by atoms with Crippen LogP contribution in [0.1, 0.15) is 55.3 Å². The molecule has 0 unspecified atom stereocenters. The molecule has 1 aliphatic rings. The molecule has 0 radical (unpaired) electrons. The molecule has 0 aliphatic carbocycles. The second-order valence-electron chi connectivity index (χ2n) is 9.93. The molecule has 34 heavy (non-hydrogen) atoms. The second-order valence-corrected chi connectivity index (χ2v) is 9.93. The van der Waals surface area contributed by atoms with Gasteiger partial charge < -0.3 is 9.55 Å². The van der Waals surface area contributed by atoms with Gasteiger partial charge in [0, 0.05) is 42.5 Å². The Morgan fingerprint density at radius 3 is 2.68 bits per heavy atom. The first-order valence-corrected chi connectivity index (χ1v) is 12.2. The molecular formula is C27H31N7. The van der Waals surface area contributed by atoms with E-state index in [9.17, 15) is 0 Å². The zero-order valence-corrected chi connectivity index (χ0v) is 20.1. The van der Waals surface area contributed by atoms with Crippen LogP contribution in [0.2, 0.25) is 0 Å². The zero-order chi connectivity index (χ0) is 23.2. The summed E-state index contributed by atoms with van der Waals surface area (Å²) >= 11 is 0. The van der Waals surface area contributed by atoms with E-state index < -0.39 is 0 Å². The summed E-state index contributed by atoms with van der Waals surface area (Å²) in [5.41, 5.74) is 8.39. The average Bonchev–Trinajstić information content (AvgIpc) is 3.56. The fourth-order valence-corrected chi connectivity index (χ4v) is 5.48. The number of nitrogens with one attached hydrogen (secondary N) is 1. The van der Waals surface area contributed by atoms with Crippen LogP contribution in [0.4, 0.5) is 0 Å². The third-order valence-corrected chi connectivity index (χ3v) is 7.21. The normalized spacial score (nSPS) is 15.8. The number of aromatic amines is 1. The van der Waals surface area contributed by atoms with Gasteiger partial charge in [-0.3, -0.25) is 4.90 Å². The number of imidazole rings is 1. The predicted octanol–water partition coefficient (Wildman–Crippen LogP) is 5.11. The molecule has 6 rings (SSSR count). The highest BCUT2D eigenvalue weighted by atomic mass is 15.3. The van der Waals surface area contributed by atoms with Gasteiger partial charge >= 0.3 is 0 Å². The zero-order valence-electron chi connectivity index (χ0n) is 20.1. The maximum atomic E-state index is 4.50. The highest BCUT2D eigenvalue weighted by Crippen LogP contribution is 2.38. The maximum Gasteiger partial charge on any atom is 0.155 e. The lowest BCUT2D eigenvalue weighted by Gasteiger charge is -2.31. The lowest BCUT2D eigenvalue weighted by Crippen LogP contribution is -2.32. The van der Waals surface area contributed by atoms with Crippen molar-refractivity contribution in [2.45, 2.75) is 45.1 Å². The summed E-state index contributed by atoms with van der Waals surface area (Å²) in [6.45, 7) is 7.74. The van der Waals surface area contributed by atoms with Crippen LogP contribution in [0.25, 0.3) is 27.8 Å². The minimum atomic E-state index is 0.408. The lowest BCUT2D eigenvalue weighted by atomic mass is 9.87. The van der Waals surface area contributed by atoms with Gasteiger partial charge in [-0.15, -0.1) is 0 Å². The number of benzene rings is 1. The summed E-state index contributed by atoms with van der Waals surface area (Å²) in [5.74, 6) is 1.01. The highest BCUT2D eigenvalue weighted by molar-refractivity contribution is 5.92. The molecule has 5 heterocycles. The van der Waals surface area contributed by atoms with E-state index in [0.29, 0.717) is 11.8 Å². The minimum Gasteiger partial charge on any atom is -0.354 e. The Kier molecular flexibility index (Phi) is 5.21. The van der Waals surface area contributed by atoms with Crippen LogP contribution >= 0.6 is 0 Å². The quantitative estimate of drug-likeness (QED) is 0.401. The van der Waals surface area contributed by atoms with Gasteiger partial charge in [-0.2, -0.15) is 5.10 Å². The number of aromatic nitrogens is 6. The van der Waals surface area contributed by atoms with Gasteiger partial charge in [-0.25, -0.2) is 14.5 Å². The summed E-state index contributed by atoms with van der Waals surface area (Å²) in [5, 5.41) is 5.67. The van der Waals surface area contributed by atoms with Crippen molar-refractivity contribution in [3.8, 4) is 11.3 Å². The number of H-pyrrole nitrogens is 1. The molecule has 4 aromatic heterocycles. The van der Waals surface area contributed by atoms with Crippen LogP contribution in [0.15, 0.2) is 55.4 Å². The van der Waals surface area contributed by atoms with Crippen molar-refractivity contribution >= 4 is 16.6 Å². The van der Waals surface area contributed by atoms with Crippen molar-refractivity contribution in [2.75, 3.05) is 13.1 Å². The van der Waals surface area contributed by atoms with Crippen LogP contribution in [-0.4, -0.2) is 47.1 Å². The fourth-order valence-electron chi connectivity index (χ4n) is 5.48. The van der Waals surface area contributed by atoms with Crippen molar-refractivity contribution in [3.63, 3.8) is 0 Å². The Balaban J connectivity index is 1.27. The number of likely N-dealkylation sites (tertiary alicyclic amines) is 1. The first-order valence-electron chi connectivity index (χ1n) is 12.2. The maximum absolute atomic E-state index is 4.50. The van der Waals surface area contributed by atoms with Gasteiger partial charge in [0.05, 0.1) is 17.7 Å². The minimum absolute atomic E-state index is 0.408. The number of hydrogen-bond acceptors (Lipinski definition) is 4. The van der Waals surface area contributed by atoms with Gasteiger partial charge in [-0.1, -0.05) is 19.9 Å². The van der Waals surface area contributed by atoms with Crippen molar-refractivity contribution in [3.05, 3.63) is 72.2 Å². The van der Waals surface area contributed by atoms with Crippen molar-refractivity contribution in [1.29, 1.82) is 0 Å². The number of pyridine rings is 1. The Morgan fingerprint density at radius 1 is 1.06 bits per heavy atom. The fraction of sp³-hybridized carbons (Fsp3) is 0.370. The number of aryl methyl sites for hydroxylation is 1.